The van der Waals surface area contributed by atoms with Gasteiger partial charge in [0.1, 0.15) is 5.82 Å². The van der Waals surface area contributed by atoms with Crippen LogP contribution in [0.15, 0.2) is 48.5 Å². The first kappa shape index (κ1) is 9.24. The van der Waals surface area contributed by atoms with Crippen LogP contribution in [-0.2, 0) is 0 Å². The second kappa shape index (κ2) is 3.54. The quantitative estimate of drug-likeness (QED) is 0.639. The predicted molar refractivity (Wildman–Crippen MR) is 62.2 cm³/mol. The van der Waals surface area contributed by atoms with Crippen LogP contribution >= 0.6 is 0 Å². The summed E-state index contributed by atoms with van der Waals surface area (Å²) in [5.74, 6) is 0.590. The van der Waals surface area contributed by atoms with Crippen LogP contribution in [0.25, 0.3) is 11.0 Å². The van der Waals surface area contributed by atoms with Crippen molar-refractivity contribution in [2.45, 2.75) is 6.10 Å². The Balaban J connectivity index is 2.06. The van der Waals surface area contributed by atoms with Crippen molar-refractivity contribution in [3.8, 4) is 0 Å². The third-order valence-corrected chi connectivity index (χ3v) is 2.67. The Morgan fingerprint density at radius 3 is 2.88 bits per heavy atom. The minimum atomic E-state index is -0.678. The zero-order valence-corrected chi connectivity index (χ0v) is 8.59. The maximum absolute atomic E-state index is 10.1. The number of rotatable bonds is 2. The Kier molecular flexibility index (Phi) is 2.04. The van der Waals surface area contributed by atoms with E-state index in [4.69, 9.17) is 0 Å². The molecule has 0 saturated carbocycles. The highest BCUT2D eigenvalue weighted by Gasteiger charge is 2.09. The second-order valence-corrected chi connectivity index (χ2v) is 3.76. The van der Waals surface area contributed by atoms with Crippen LogP contribution in [0, 0.1) is 0 Å². The highest BCUT2D eigenvalue weighted by Crippen LogP contribution is 2.22. The first-order valence-electron chi connectivity index (χ1n) is 5.19. The third-order valence-electron chi connectivity index (χ3n) is 2.67. The lowest BCUT2D eigenvalue weighted by molar-refractivity contribution is 0.212. The molecule has 80 valence electrons. The van der Waals surface area contributed by atoms with Crippen molar-refractivity contribution in [1.82, 2.24) is 9.97 Å². The number of aromatic amines is 1. The molecule has 2 aromatic carbocycles. The molecule has 0 radical (unpaired) electrons. The summed E-state index contributed by atoms with van der Waals surface area (Å²) in [6.07, 6.45) is -0.678. The topological polar surface area (TPSA) is 48.9 Å². The van der Waals surface area contributed by atoms with Crippen molar-refractivity contribution in [1.29, 1.82) is 0 Å². The van der Waals surface area contributed by atoms with E-state index in [1.165, 1.54) is 0 Å². The number of aromatic nitrogens is 2. The summed E-state index contributed by atoms with van der Waals surface area (Å²) < 4.78 is 0. The summed E-state index contributed by atoms with van der Waals surface area (Å²) in [7, 11) is 0. The molecule has 3 heteroatoms. The number of fused-ring (bicyclic) bond motifs is 1. The van der Waals surface area contributed by atoms with Crippen molar-refractivity contribution in [3.63, 3.8) is 0 Å². The molecule has 3 aromatic rings. The van der Waals surface area contributed by atoms with Gasteiger partial charge >= 0.3 is 0 Å². The molecule has 0 saturated heterocycles. The Bertz CT molecular complexity index is 562. The molecule has 0 spiro atoms. The molecule has 0 bridgehead atoms. The first-order chi connectivity index (χ1) is 7.84. The molecular formula is C13H11N2O-. The van der Waals surface area contributed by atoms with Gasteiger partial charge in [-0.05, 0) is 12.1 Å². The molecule has 0 aliphatic rings. The van der Waals surface area contributed by atoms with Crippen LogP contribution in [0.1, 0.15) is 17.5 Å². The van der Waals surface area contributed by atoms with Crippen LogP contribution < -0.4 is 0 Å². The van der Waals surface area contributed by atoms with Gasteiger partial charge in [-0.25, -0.2) is 11.1 Å². The molecule has 0 aliphatic carbocycles. The fourth-order valence-electron chi connectivity index (χ4n) is 1.83. The molecule has 1 atom stereocenters. The molecule has 0 aliphatic heterocycles. The molecule has 1 unspecified atom stereocenters. The largest absolute Gasteiger partial charge is 0.394 e. The van der Waals surface area contributed by atoms with Crippen LogP contribution in [0.2, 0.25) is 0 Å². The number of benzene rings is 1. The minimum Gasteiger partial charge on any atom is -0.394 e. The van der Waals surface area contributed by atoms with E-state index in [0.29, 0.717) is 5.82 Å². The van der Waals surface area contributed by atoms with E-state index in [9.17, 15) is 5.11 Å². The van der Waals surface area contributed by atoms with E-state index in [1.54, 1.807) is 0 Å². The molecule has 1 aromatic heterocycles. The van der Waals surface area contributed by atoms with Gasteiger partial charge < -0.3 is 10.1 Å². The minimum absolute atomic E-state index is 0.590. The second-order valence-electron chi connectivity index (χ2n) is 3.76. The molecule has 0 amide bonds. The number of nitrogens with one attached hydrogen (secondary N) is 1. The van der Waals surface area contributed by atoms with Gasteiger partial charge in [-0.1, -0.05) is 12.1 Å². The average molecular weight is 211 g/mol. The van der Waals surface area contributed by atoms with E-state index in [1.807, 2.05) is 48.5 Å². The van der Waals surface area contributed by atoms with Gasteiger partial charge in [0.05, 0.1) is 17.1 Å². The molecule has 16 heavy (non-hydrogen) atoms. The van der Waals surface area contributed by atoms with Gasteiger partial charge in [0.2, 0.25) is 0 Å². The van der Waals surface area contributed by atoms with Crippen molar-refractivity contribution in [2.75, 3.05) is 0 Å². The summed E-state index contributed by atoms with van der Waals surface area (Å²) in [5, 5.41) is 10.1. The monoisotopic (exact) mass is 211 g/mol. The molecule has 0 fully saturated rings. The number of para-hydroxylation sites is 2. The number of aliphatic hydroxyl groups excluding tert-OH is 1. The van der Waals surface area contributed by atoms with Gasteiger partial charge in [0.25, 0.3) is 0 Å². The Morgan fingerprint density at radius 1 is 1.25 bits per heavy atom. The van der Waals surface area contributed by atoms with E-state index in [0.717, 1.165) is 16.6 Å². The molecule has 2 N–H and O–H groups in total. The molecule has 3 rings (SSSR count). The highest BCUT2D eigenvalue weighted by atomic mass is 16.3. The summed E-state index contributed by atoms with van der Waals surface area (Å²) in [6.45, 7) is 0. The average Bonchev–Trinajstić information content (AvgIpc) is 2.97. The summed E-state index contributed by atoms with van der Waals surface area (Å²) in [4.78, 5) is 7.49. The summed E-state index contributed by atoms with van der Waals surface area (Å²) >= 11 is 0. The smallest absolute Gasteiger partial charge is 0.127 e. The van der Waals surface area contributed by atoms with Crippen LogP contribution in [0.3, 0.4) is 0 Å². The lowest BCUT2D eigenvalue weighted by Crippen LogP contribution is -1.99. The molecule has 3 nitrogen and oxygen atoms in total. The summed E-state index contributed by atoms with van der Waals surface area (Å²) in [6, 6.07) is 15.3. The zero-order valence-electron chi connectivity index (χ0n) is 8.59. The van der Waals surface area contributed by atoms with E-state index >= 15 is 0 Å². The molecular weight excluding hydrogens is 200 g/mol. The Labute approximate surface area is 92.7 Å². The Hall–Kier alpha value is -2.00. The molecule has 1 heterocycles. The van der Waals surface area contributed by atoms with Gasteiger partial charge in [-0.2, -0.15) is 23.8 Å². The van der Waals surface area contributed by atoms with Crippen molar-refractivity contribution >= 4 is 11.0 Å². The highest BCUT2D eigenvalue weighted by molar-refractivity contribution is 5.74. The van der Waals surface area contributed by atoms with E-state index in [-0.39, 0.29) is 0 Å². The predicted octanol–water partition coefficient (Wildman–Crippen LogP) is 2.36. The normalized spacial score (nSPS) is 13.1. The van der Waals surface area contributed by atoms with Crippen molar-refractivity contribution in [2.24, 2.45) is 0 Å². The number of imidazole rings is 1. The maximum Gasteiger partial charge on any atom is 0.127 e. The number of H-pyrrole nitrogens is 1. The fourth-order valence-corrected chi connectivity index (χ4v) is 1.83. The number of nitrogens with zero attached hydrogens (tertiary/aromatic N) is 1. The standard InChI is InChI=1S/C13H11N2O/c16-12(9-5-1-2-6-9)13-14-10-7-3-4-8-11(10)15-13/h1-8,12,16H,(H,14,15)/q-1. The van der Waals surface area contributed by atoms with Crippen molar-refractivity contribution < 1.29 is 5.11 Å². The third kappa shape index (κ3) is 1.42. The van der Waals surface area contributed by atoms with Crippen LogP contribution in [-0.4, -0.2) is 15.1 Å². The van der Waals surface area contributed by atoms with Gasteiger partial charge in [-0.15, -0.1) is 0 Å². The number of aliphatic hydroxyl groups is 1. The van der Waals surface area contributed by atoms with Crippen LogP contribution in [0.5, 0.6) is 0 Å². The SMILES string of the molecule is OC(c1cc[cH-]c1)c1nc2ccccc2[nH]1. The number of hydrogen-bond donors (Lipinski definition) is 2. The Morgan fingerprint density at radius 2 is 2.12 bits per heavy atom. The first-order valence-corrected chi connectivity index (χ1v) is 5.19. The lowest BCUT2D eigenvalue weighted by atomic mass is 10.2. The van der Waals surface area contributed by atoms with E-state index in [2.05, 4.69) is 9.97 Å². The number of hydrogen-bond acceptors (Lipinski definition) is 2. The maximum atomic E-state index is 10.1. The van der Waals surface area contributed by atoms with Gasteiger partial charge in [0, 0.05) is 0 Å². The van der Waals surface area contributed by atoms with Crippen LogP contribution in [0.4, 0.5) is 0 Å². The lowest BCUT2D eigenvalue weighted by Gasteiger charge is -2.10. The van der Waals surface area contributed by atoms with Crippen molar-refractivity contribution in [3.05, 3.63) is 59.9 Å². The van der Waals surface area contributed by atoms with Gasteiger partial charge in [-0.3, -0.25) is 0 Å². The van der Waals surface area contributed by atoms with Gasteiger partial charge in [0.15, 0.2) is 0 Å². The summed E-state index contributed by atoms with van der Waals surface area (Å²) in [5.41, 5.74) is 2.69. The fraction of sp³-hybridized carbons (Fsp3) is 0.0769. The zero-order chi connectivity index (χ0) is 11.0. The van der Waals surface area contributed by atoms with E-state index < -0.39 is 6.10 Å².